The molecule has 0 saturated carbocycles. The maximum Gasteiger partial charge on any atom is 0.221 e. The van der Waals surface area contributed by atoms with Gasteiger partial charge in [-0.2, -0.15) is 0 Å². The number of methoxy groups -OCH3 is 1. The van der Waals surface area contributed by atoms with E-state index < -0.39 is 0 Å². The van der Waals surface area contributed by atoms with Crippen LogP contribution in [0.4, 0.5) is 0 Å². The van der Waals surface area contributed by atoms with Gasteiger partial charge in [0.2, 0.25) is 5.88 Å². The van der Waals surface area contributed by atoms with Gasteiger partial charge in [0.15, 0.2) is 0 Å². The van der Waals surface area contributed by atoms with Crippen molar-refractivity contribution in [3.63, 3.8) is 0 Å². The highest BCUT2D eigenvalue weighted by Gasteiger charge is 1.95. The van der Waals surface area contributed by atoms with Gasteiger partial charge in [-0.15, -0.1) is 0 Å². The molecule has 12 heavy (non-hydrogen) atoms. The second-order valence-electron chi connectivity index (χ2n) is 2.48. The third-order valence-corrected chi connectivity index (χ3v) is 1.72. The summed E-state index contributed by atoms with van der Waals surface area (Å²) in [6.45, 7) is 0. The highest BCUT2D eigenvalue weighted by Crippen LogP contribution is 2.15. The normalized spacial score (nSPS) is 10.1. The second-order valence-corrected chi connectivity index (χ2v) is 2.48. The molecule has 2 aromatic rings. The van der Waals surface area contributed by atoms with E-state index in [-0.39, 0.29) is 0 Å². The highest BCUT2D eigenvalue weighted by molar-refractivity contribution is 5.81. The molecule has 0 amide bonds. The molecule has 0 fully saturated rings. The molecule has 2 heteroatoms. The van der Waals surface area contributed by atoms with Gasteiger partial charge in [0.05, 0.1) is 13.2 Å². The average Bonchev–Trinajstić information content (AvgIpc) is 2.17. The van der Waals surface area contributed by atoms with Crippen molar-refractivity contribution in [2.75, 3.05) is 7.11 Å². The van der Waals surface area contributed by atoms with Crippen LogP contribution < -0.4 is 4.74 Å². The van der Waals surface area contributed by atoms with Crippen LogP contribution in [-0.2, 0) is 0 Å². The van der Waals surface area contributed by atoms with E-state index in [9.17, 15) is 0 Å². The van der Waals surface area contributed by atoms with Crippen molar-refractivity contribution in [1.82, 2.24) is 4.98 Å². The zero-order chi connectivity index (χ0) is 8.39. The number of hydrogen-bond acceptors (Lipinski definition) is 2. The first-order valence-corrected chi connectivity index (χ1v) is 3.71. The Morgan fingerprint density at radius 2 is 2.17 bits per heavy atom. The molecule has 2 nitrogen and oxygen atoms in total. The monoisotopic (exact) mass is 158 g/mol. The minimum Gasteiger partial charge on any atom is -0.481 e. The van der Waals surface area contributed by atoms with Crippen molar-refractivity contribution >= 4 is 10.8 Å². The number of rotatable bonds is 1. The highest BCUT2D eigenvalue weighted by atomic mass is 16.5. The quantitative estimate of drug-likeness (QED) is 0.633. The Kier molecular flexibility index (Phi) is 1.67. The Bertz CT molecular complexity index is 398. The van der Waals surface area contributed by atoms with E-state index in [1.807, 2.05) is 24.3 Å². The minimum absolute atomic E-state index is 0.536. The lowest BCUT2D eigenvalue weighted by Crippen LogP contribution is -1.86. The molecule has 0 atom stereocenters. The Hall–Kier alpha value is -1.57. The molecule has 0 bridgehead atoms. The van der Waals surface area contributed by atoms with Gasteiger partial charge in [-0.25, -0.2) is 4.98 Å². The molecule has 1 aromatic carbocycles. The molecule has 59 valence electrons. The second kappa shape index (κ2) is 2.81. The summed E-state index contributed by atoms with van der Waals surface area (Å²) in [5.41, 5.74) is 0. The summed E-state index contributed by atoms with van der Waals surface area (Å²) in [5, 5.41) is 2.11. The van der Waals surface area contributed by atoms with Gasteiger partial charge in [-0.05, 0) is 5.39 Å². The van der Waals surface area contributed by atoms with Crippen molar-refractivity contribution in [3.8, 4) is 5.88 Å². The average molecular weight is 158 g/mol. The molecule has 0 spiro atoms. The summed E-state index contributed by atoms with van der Waals surface area (Å²) in [7, 11) is 1.59. The first-order valence-electron chi connectivity index (χ1n) is 3.71. The number of pyridine rings is 1. The molecule has 0 aliphatic carbocycles. The van der Waals surface area contributed by atoms with Gasteiger partial charge in [0.1, 0.15) is 0 Å². The zero-order valence-electron chi connectivity index (χ0n) is 6.74. The molecule has 2 rings (SSSR count). The summed E-state index contributed by atoms with van der Waals surface area (Å²) in [6, 6.07) is 11.0. The molecule has 1 aromatic heterocycles. The molecule has 0 unspecified atom stereocenters. The van der Waals surface area contributed by atoms with Crippen LogP contribution in [0.25, 0.3) is 10.8 Å². The predicted molar refractivity (Wildman–Crippen MR) is 47.1 cm³/mol. The SMILES string of the molecule is COc1[c]c2ccccc2cn1. The van der Waals surface area contributed by atoms with Gasteiger partial charge in [0, 0.05) is 11.6 Å². The number of benzene rings is 1. The minimum atomic E-state index is 0.536. The fourth-order valence-electron chi connectivity index (χ4n) is 1.10. The molecule has 0 N–H and O–H groups in total. The van der Waals surface area contributed by atoms with Gasteiger partial charge < -0.3 is 4.74 Å². The van der Waals surface area contributed by atoms with E-state index in [0.717, 1.165) is 10.8 Å². The zero-order valence-corrected chi connectivity index (χ0v) is 6.74. The smallest absolute Gasteiger partial charge is 0.221 e. The lowest BCUT2D eigenvalue weighted by Gasteiger charge is -1.98. The van der Waals surface area contributed by atoms with Crippen molar-refractivity contribution in [2.24, 2.45) is 0 Å². The van der Waals surface area contributed by atoms with Crippen LogP contribution in [0.2, 0.25) is 0 Å². The van der Waals surface area contributed by atoms with Crippen molar-refractivity contribution < 1.29 is 4.74 Å². The predicted octanol–water partition coefficient (Wildman–Crippen LogP) is 2.04. The van der Waals surface area contributed by atoms with Crippen molar-refractivity contribution in [3.05, 3.63) is 36.5 Å². The molecular formula is C10H8NO. The summed E-state index contributed by atoms with van der Waals surface area (Å²) in [5.74, 6) is 0.536. The van der Waals surface area contributed by atoms with Crippen LogP contribution in [0.5, 0.6) is 5.88 Å². The Morgan fingerprint density at radius 3 is 3.00 bits per heavy atom. The molecule has 1 radical (unpaired) electrons. The maximum absolute atomic E-state index is 4.96. The Labute approximate surface area is 70.8 Å². The number of hydrogen-bond donors (Lipinski definition) is 0. The third kappa shape index (κ3) is 1.11. The first-order chi connectivity index (χ1) is 5.90. The van der Waals surface area contributed by atoms with Crippen LogP contribution in [0, 0.1) is 6.07 Å². The van der Waals surface area contributed by atoms with E-state index in [4.69, 9.17) is 4.74 Å². The van der Waals surface area contributed by atoms with Crippen LogP contribution in [0.15, 0.2) is 30.5 Å². The molecule has 1 heterocycles. The standard InChI is InChI=1S/C10H8NO/c1-12-10-6-8-4-2-3-5-9(8)7-11-10/h2-5,7H,1H3. The summed E-state index contributed by atoms with van der Waals surface area (Å²) in [4.78, 5) is 4.05. The van der Waals surface area contributed by atoms with Crippen molar-refractivity contribution in [2.45, 2.75) is 0 Å². The Balaban J connectivity index is 2.67. The summed E-state index contributed by atoms with van der Waals surface area (Å²) < 4.78 is 4.96. The van der Waals surface area contributed by atoms with Gasteiger partial charge in [-0.1, -0.05) is 24.3 Å². The largest absolute Gasteiger partial charge is 0.481 e. The van der Waals surface area contributed by atoms with E-state index in [1.165, 1.54) is 0 Å². The van der Waals surface area contributed by atoms with Gasteiger partial charge >= 0.3 is 0 Å². The molecule has 0 aliphatic rings. The number of aromatic nitrogens is 1. The fraction of sp³-hybridized carbons (Fsp3) is 0.100. The van der Waals surface area contributed by atoms with Crippen LogP contribution in [0.3, 0.4) is 0 Å². The first kappa shape index (κ1) is 7.10. The van der Waals surface area contributed by atoms with Gasteiger partial charge in [0.25, 0.3) is 0 Å². The Morgan fingerprint density at radius 1 is 1.33 bits per heavy atom. The van der Waals surface area contributed by atoms with E-state index >= 15 is 0 Å². The number of fused-ring (bicyclic) bond motifs is 1. The topological polar surface area (TPSA) is 22.1 Å². The molecule has 0 aliphatic heterocycles. The molecule has 0 saturated heterocycles. The lowest BCUT2D eigenvalue weighted by atomic mass is 10.2. The van der Waals surface area contributed by atoms with Crippen LogP contribution in [-0.4, -0.2) is 12.1 Å². The lowest BCUT2D eigenvalue weighted by molar-refractivity contribution is 0.398. The van der Waals surface area contributed by atoms with Crippen LogP contribution >= 0.6 is 0 Å². The van der Waals surface area contributed by atoms with Gasteiger partial charge in [-0.3, -0.25) is 0 Å². The maximum atomic E-state index is 4.96. The number of ether oxygens (including phenoxy) is 1. The van der Waals surface area contributed by atoms with Crippen LogP contribution in [0.1, 0.15) is 0 Å². The summed E-state index contributed by atoms with van der Waals surface area (Å²) in [6.07, 6.45) is 1.78. The third-order valence-electron chi connectivity index (χ3n) is 1.72. The van der Waals surface area contributed by atoms with Crippen molar-refractivity contribution in [1.29, 1.82) is 0 Å². The summed E-state index contributed by atoms with van der Waals surface area (Å²) >= 11 is 0. The van der Waals surface area contributed by atoms with E-state index in [1.54, 1.807) is 13.3 Å². The fourth-order valence-corrected chi connectivity index (χ4v) is 1.10. The van der Waals surface area contributed by atoms with E-state index in [2.05, 4.69) is 11.1 Å². The number of nitrogens with zero attached hydrogens (tertiary/aromatic N) is 1. The molecular weight excluding hydrogens is 150 g/mol. The van der Waals surface area contributed by atoms with E-state index in [0.29, 0.717) is 5.88 Å².